The van der Waals surface area contributed by atoms with E-state index in [-0.39, 0.29) is 17.5 Å². The molecule has 1 heterocycles. The number of unbranched alkanes of at least 4 members (excludes halogenated alkanes) is 5. The molecule has 0 N–H and O–H groups in total. The van der Waals surface area contributed by atoms with Crippen molar-refractivity contribution in [1.29, 1.82) is 0 Å². The van der Waals surface area contributed by atoms with Gasteiger partial charge in [0.1, 0.15) is 5.58 Å². The smallest absolute Gasteiger partial charge is 0.337 e. The highest BCUT2D eigenvalue weighted by Gasteiger charge is 2.11. The van der Waals surface area contributed by atoms with Crippen molar-refractivity contribution < 1.29 is 13.9 Å². The van der Waals surface area contributed by atoms with E-state index in [0.29, 0.717) is 12.2 Å². The lowest BCUT2D eigenvalue weighted by molar-refractivity contribution is -0.148. The quantitative estimate of drug-likeness (QED) is 0.154. The van der Waals surface area contributed by atoms with Crippen LogP contribution in [0.25, 0.3) is 11.0 Å². The molecule has 29 heavy (non-hydrogen) atoms. The van der Waals surface area contributed by atoms with Crippen molar-refractivity contribution in [2.75, 3.05) is 18.6 Å². The summed E-state index contributed by atoms with van der Waals surface area (Å²) >= 11 is 3.37. The van der Waals surface area contributed by atoms with Gasteiger partial charge in [0.2, 0.25) is 0 Å². The Balaban J connectivity index is 1.62. The lowest BCUT2D eigenvalue weighted by atomic mass is 10.1. The predicted octanol–water partition coefficient (Wildman–Crippen LogP) is 6.54. The van der Waals surface area contributed by atoms with Crippen LogP contribution >= 0.6 is 23.5 Å². The Bertz CT molecular complexity index is 831. The fourth-order valence-corrected chi connectivity index (χ4v) is 4.44. The number of rotatable bonds is 13. The average molecular weight is 437 g/mol. The van der Waals surface area contributed by atoms with Crippen molar-refractivity contribution in [1.82, 2.24) is 0 Å². The van der Waals surface area contributed by atoms with Crippen LogP contribution in [0.5, 0.6) is 0 Å². The van der Waals surface area contributed by atoms with Gasteiger partial charge in [-0.15, -0.1) is 23.5 Å². The summed E-state index contributed by atoms with van der Waals surface area (Å²) in [6, 6.07) is 7.65. The van der Waals surface area contributed by atoms with Crippen molar-refractivity contribution in [3.05, 3.63) is 34.7 Å². The van der Waals surface area contributed by atoms with E-state index in [0.717, 1.165) is 46.6 Å². The predicted molar refractivity (Wildman–Crippen MR) is 123 cm³/mol. The van der Waals surface area contributed by atoms with Crippen LogP contribution in [0.3, 0.4) is 0 Å². The molecule has 160 valence electrons. The number of benzene rings is 1. The van der Waals surface area contributed by atoms with Gasteiger partial charge in [-0.25, -0.2) is 4.79 Å². The molecule has 0 aliphatic rings. The van der Waals surface area contributed by atoms with Crippen LogP contribution in [0.4, 0.5) is 0 Å². The van der Waals surface area contributed by atoms with E-state index in [1.165, 1.54) is 19.3 Å². The first kappa shape index (κ1) is 23.9. The van der Waals surface area contributed by atoms with Crippen LogP contribution in [0.2, 0.25) is 0 Å². The summed E-state index contributed by atoms with van der Waals surface area (Å²) in [6.45, 7) is 4.45. The maximum Gasteiger partial charge on any atom is 0.337 e. The number of carbonyl (C=O) groups is 1. The van der Waals surface area contributed by atoms with Gasteiger partial charge in [-0.1, -0.05) is 39.5 Å². The summed E-state index contributed by atoms with van der Waals surface area (Å²) in [4.78, 5) is 25.5. The highest BCUT2D eigenvalue weighted by atomic mass is 32.2. The molecule has 0 aliphatic heterocycles. The second-order valence-corrected chi connectivity index (χ2v) is 9.25. The molecular formula is C23H32O4S2. The molecule has 0 saturated heterocycles. The maximum absolute atomic E-state index is 11.8. The lowest BCUT2D eigenvalue weighted by Crippen LogP contribution is -2.14. The van der Waals surface area contributed by atoms with E-state index in [9.17, 15) is 9.59 Å². The summed E-state index contributed by atoms with van der Waals surface area (Å²) in [7, 11) is 0. The molecule has 4 nitrogen and oxygen atoms in total. The van der Waals surface area contributed by atoms with E-state index < -0.39 is 0 Å². The second-order valence-electron chi connectivity index (χ2n) is 7.24. The van der Waals surface area contributed by atoms with Gasteiger partial charge in [-0.05, 0) is 49.5 Å². The van der Waals surface area contributed by atoms with Crippen molar-refractivity contribution in [3.8, 4) is 0 Å². The fraction of sp³-hybridized carbons (Fsp3) is 0.565. The van der Waals surface area contributed by atoms with Gasteiger partial charge >= 0.3 is 11.6 Å². The second kappa shape index (κ2) is 13.0. The normalized spacial score (nSPS) is 12.2. The molecule has 0 saturated carbocycles. The largest absolute Gasteiger partial charge is 0.465 e. The molecule has 1 atom stereocenters. The van der Waals surface area contributed by atoms with Crippen molar-refractivity contribution in [2.24, 2.45) is 5.92 Å². The zero-order valence-corrected chi connectivity index (χ0v) is 19.3. The molecule has 6 heteroatoms. The molecule has 2 rings (SSSR count). The van der Waals surface area contributed by atoms with E-state index in [2.05, 4.69) is 6.07 Å². The van der Waals surface area contributed by atoms with Gasteiger partial charge in [0.15, 0.2) is 0 Å². The summed E-state index contributed by atoms with van der Waals surface area (Å²) in [5, 5.41) is 1.01. The summed E-state index contributed by atoms with van der Waals surface area (Å²) in [5.74, 6) is 0.930. The molecule has 1 aromatic heterocycles. The Morgan fingerprint density at radius 3 is 2.55 bits per heavy atom. The zero-order chi connectivity index (χ0) is 21.1. The minimum atomic E-state index is -0.285. The summed E-state index contributed by atoms with van der Waals surface area (Å²) in [5.41, 5.74) is 0.383. The van der Waals surface area contributed by atoms with Crippen LogP contribution in [-0.2, 0) is 9.53 Å². The minimum Gasteiger partial charge on any atom is -0.465 e. The third kappa shape index (κ3) is 8.09. The lowest BCUT2D eigenvalue weighted by Gasteiger charge is -2.09. The summed E-state index contributed by atoms with van der Waals surface area (Å²) in [6.07, 6.45) is 9.55. The third-order valence-corrected chi connectivity index (χ3v) is 6.84. The van der Waals surface area contributed by atoms with E-state index in [1.54, 1.807) is 29.6 Å². The van der Waals surface area contributed by atoms with Crippen LogP contribution in [-0.4, -0.2) is 24.6 Å². The average Bonchev–Trinajstić information content (AvgIpc) is 2.73. The topological polar surface area (TPSA) is 56.5 Å². The van der Waals surface area contributed by atoms with Gasteiger partial charge in [-0.2, -0.15) is 0 Å². The molecule has 0 radical (unpaired) electrons. The highest BCUT2D eigenvalue weighted by molar-refractivity contribution is 7.99. The SMILES string of the molecule is CCC(C)C(=O)OCCCCCCCCSc1cc(=O)oc2cc(SC)ccc12. The Labute approximate surface area is 182 Å². The van der Waals surface area contributed by atoms with Crippen LogP contribution in [0, 0.1) is 5.92 Å². The Morgan fingerprint density at radius 2 is 1.83 bits per heavy atom. The van der Waals surface area contributed by atoms with Gasteiger partial charge in [0.25, 0.3) is 0 Å². The fourth-order valence-electron chi connectivity index (χ4n) is 2.93. The van der Waals surface area contributed by atoms with Gasteiger partial charge in [0, 0.05) is 21.2 Å². The number of hydrogen-bond donors (Lipinski definition) is 0. The van der Waals surface area contributed by atoms with Crippen LogP contribution < -0.4 is 5.63 Å². The highest BCUT2D eigenvalue weighted by Crippen LogP contribution is 2.30. The minimum absolute atomic E-state index is 0.00758. The van der Waals surface area contributed by atoms with Crippen LogP contribution in [0.15, 0.2) is 43.3 Å². The number of carbonyl (C=O) groups excluding carboxylic acids is 1. The van der Waals surface area contributed by atoms with E-state index in [4.69, 9.17) is 9.15 Å². The zero-order valence-electron chi connectivity index (χ0n) is 17.7. The Hall–Kier alpha value is -1.40. The Kier molecular flexibility index (Phi) is 10.7. The number of thioether (sulfide) groups is 2. The Morgan fingerprint density at radius 1 is 1.10 bits per heavy atom. The molecule has 0 spiro atoms. The molecule has 0 amide bonds. The number of ether oxygens (including phenoxy) is 1. The van der Waals surface area contributed by atoms with Crippen molar-refractivity contribution in [3.63, 3.8) is 0 Å². The maximum atomic E-state index is 11.8. The summed E-state index contributed by atoms with van der Waals surface area (Å²) < 4.78 is 10.6. The van der Waals surface area contributed by atoms with E-state index in [1.807, 2.05) is 32.2 Å². The van der Waals surface area contributed by atoms with Gasteiger partial charge < -0.3 is 9.15 Å². The van der Waals surface area contributed by atoms with Crippen molar-refractivity contribution >= 4 is 40.5 Å². The number of esters is 1. The third-order valence-electron chi connectivity index (χ3n) is 4.97. The van der Waals surface area contributed by atoms with Gasteiger partial charge in [-0.3, -0.25) is 4.79 Å². The number of fused-ring (bicyclic) bond motifs is 1. The first-order valence-corrected chi connectivity index (χ1v) is 12.7. The number of hydrogen-bond acceptors (Lipinski definition) is 6. The molecule has 2 aromatic rings. The standard InChI is InChI=1S/C23H32O4S2/c1-4-17(2)23(25)26-13-9-7-5-6-8-10-14-29-21-16-22(24)27-20-15-18(28-3)11-12-19(20)21/h11-12,15-17H,4-10,13-14H2,1-3H3. The molecule has 0 bridgehead atoms. The van der Waals surface area contributed by atoms with E-state index >= 15 is 0 Å². The first-order valence-electron chi connectivity index (χ1n) is 10.5. The first-order chi connectivity index (χ1) is 14.0. The van der Waals surface area contributed by atoms with Gasteiger partial charge in [0.05, 0.1) is 12.5 Å². The molecular weight excluding hydrogens is 404 g/mol. The van der Waals surface area contributed by atoms with Crippen LogP contribution in [0.1, 0.15) is 58.8 Å². The molecule has 1 aromatic carbocycles. The molecule has 1 unspecified atom stereocenters. The van der Waals surface area contributed by atoms with Crippen molar-refractivity contribution in [2.45, 2.75) is 68.6 Å². The molecule has 0 aliphatic carbocycles. The molecule has 0 fully saturated rings. The monoisotopic (exact) mass is 436 g/mol.